The molecule has 0 fully saturated rings. The third kappa shape index (κ3) is 4.79. The number of hydrogen-bond acceptors (Lipinski definition) is 6. The number of ether oxygens (including phenoxy) is 2. The van der Waals surface area contributed by atoms with E-state index in [4.69, 9.17) is 4.74 Å². The molecule has 1 N–H and O–H groups in total. The van der Waals surface area contributed by atoms with Crippen molar-refractivity contribution in [2.45, 2.75) is 6.92 Å². The number of carbonyl (C=O) groups is 2. The Kier molecular flexibility index (Phi) is 6.07. The lowest BCUT2D eigenvalue weighted by molar-refractivity contribution is -0.384. The molecule has 1 amide bonds. The van der Waals surface area contributed by atoms with Crippen LogP contribution in [-0.2, 0) is 4.74 Å². The van der Waals surface area contributed by atoms with Crippen LogP contribution in [-0.4, -0.2) is 23.9 Å². The van der Waals surface area contributed by atoms with Gasteiger partial charge in [-0.25, -0.2) is 4.79 Å². The summed E-state index contributed by atoms with van der Waals surface area (Å²) in [5.41, 5.74) is 2.11. The SMILES string of the molecule is COC(=O)c1ccc(NC(=O)c2ccc(Oc3ccc([N+](=O)[O-])cc3)cc2)c(C)c1. The minimum Gasteiger partial charge on any atom is -0.465 e. The number of hydrogen-bond donors (Lipinski definition) is 1. The normalized spacial score (nSPS) is 10.2. The number of non-ortho nitro benzene ring substituents is 1. The topological polar surface area (TPSA) is 108 Å². The molecule has 0 aliphatic heterocycles. The number of esters is 1. The molecule has 0 saturated heterocycles. The highest BCUT2D eigenvalue weighted by atomic mass is 16.6. The summed E-state index contributed by atoms with van der Waals surface area (Å²) in [6.07, 6.45) is 0. The van der Waals surface area contributed by atoms with E-state index in [-0.39, 0.29) is 11.6 Å². The first-order valence-corrected chi connectivity index (χ1v) is 8.90. The molecular formula is C22H18N2O6. The predicted molar refractivity (Wildman–Crippen MR) is 110 cm³/mol. The monoisotopic (exact) mass is 406 g/mol. The zero-order valence-electron chi connectivity index (χ0n) is 16.2. The number of nitrogens with one attached hydrogen (secondary N) is 1. The molecule has 3 aromatic carbocycles. The maximum atomic E-state index is 12.5. The highest BCUT2D eigenvalue weighted by Crippen LogP contribution is 2.24. The molecule has 3 rings (SSSR count). The third-order valence-corrected chi connectivity index (χ3v) is 4.30. The summed E-state index contributed by atoms with van der Waals surface area (Å²) in [6.45, 7) is 1.78. The van der Waals surface area contributed by atoms with Gasteiger partial charge in [0.2, 0.25) is 0 Å². The van der Waals surface area contributed by atoms with Gasteiger partial charge in [0, 0.05) is 23.4 Å². The number of rotatable bonds is 6. The molecule has 0 aliphatic carbocycles. The maximum Gasteiger partial charge on any atom is 0.337 e. The number of anilines is 1. The van der Waals surface area contributed by atoms with Crippen LogP contribution in [0.15, 0.2) is 66.7 Å². The fourth-order valence-corrected chi connectivity index (χ4v) is 2.69. The van der Waals surface area contributed by atoms with Gasteiger partial charge < -0.3 is 14.8 Å². The smallest absolute Gasteiger partial charge is 0.337 e. The van der Waals surface area contributed by atoms with Crippen molar-refractivity contribution in [3.8, 4) is 11.5 Å². The number of carbonyl (C=O) groups excluding carboxylic acids is 2. The quantitative estimate of drug-likeness (QED) is 0.360. The van der Waals surface area contributed by atoms with Gasteiger partial charge in [-0.2, -0.15) is 0 Å². The molecule has 3 aromatic rings. The van der Waals surface area contributed by atoms with E-state index >= 15 is 0 Å². The molecule has 0 bridgehead atoms. The van der Waals surface area contributed by atoms with Crippen molar-refractivity contribution in [3.05, 3.63) is 93.5 Å². The minimum atomic E-state index is -0.484. The molecule has 0 aromatic heterocycles. The number of benzene rings is 3. The first kappa shape index (κ1) is 20.5. The first-order valence-electron chi connectivity index (χ1n) is 8.90. The van der Waals surface area contributed by atoms with Crippen LogP contribution in [0.2, 0.25) is 0 Å². The standard InChI is InChI=1S/C22H18N2O6/c1-14-13-16(22(26)29-2)5-12-20(14)23-21(25)15-3-8-18(9-4-15)30-19-10-6-17(7-11-19)24(27)28/h3-13H,1-2H3,(H,23,25). The summed E-state index contributed by atoms with van der Waals surface area (Å²) >= 11 is 0. The van der Waals surface area contributed by atoms with Crippen LogP contribution in [0.5, 0.6) is 11.5 Å². The van der Waals surface area contributed by atoms with E-state index in [2.05, 4.69) is 10.1 Å². The fourth-order valence-electron chi connectivity index (χ4n) is 2.69. The van der Waals surface area contributed by atoms with Gasteiger partial charge in [0.15, 0.2) is 0 Å². The van der Waals surface area contributed by atoms with Crippen molar-refractivity contribution in [2.75, 3.05) is 12.4 Å². The summed E-state index contributed by atoms with van der Waals surface area (Å²) in [4.78, 5) is 34.3. The van der Waals surface area contributed by atoms with Gasteiger partial charge in [-0.05, 0) is 67.1 Å². The lowest BCUT2D eigenvalue weighted by atomic mass is 10.1. The molecule has 0 radical (unpaired) electrons. The number of nitro groups is 1. The summed E-state index contributed by atoms with van der Waals surface area (Å²) in [6, 6.07) is 17.0. The Morgan fingerprint density at radius 3 is 2.00 bits per heavy atom. The van der Waals surface area contributed by atoms with E-state index in [9.17, 15) is 19.7 Å². The number of amides is 1. The Balaban J connectivity index is 1.66. The second kappa shape index (κ2) is 8.87. The van der Waals surface area contributed by atoms with E-state index in [1.165, 1.54) is 31.4 Å². The van der Waals surface area contributed by atoms with E-state index < -0.39 is 10.9 Å². The number of aryl methyl sites for hydroxylation is 1. The number of methoxy groups -OCH3 is 1. The first-order chi connectivity index (χ1) is 14.4. The molecule has 8 nitrogen and oxygen atoms in total. The second-order valence-corrected chi connectivity index (χ2v) is 6.35. The molecular weight excluding hydrogens is 388 g/mol. The summed E-state index contributed by atoms with van der Waals surface area (Å²) in [5.74, 6) is 0.170. The van der Waals surface area contributed by atoms with Crippen molar-refractivity contribution >= 4 is 23.3 Å². The zero-order valence-corrected chi connectivity index (χ0v) is 16.2. The molecule has 0 atom stereocenters. The number of nitrogens with zero attached hydrogens (tertiary/aromatic N) is 1. The lowest BCUT2D eigenvalue weighted by Gasteiger charge is -2.10. The van der Waals surface area contributed by atoms with Gasteiger partial charge in [0.05, 0.1) is 17.6 Å². The van der Waals surface area contributed by atoms with Gasteiger partial charge in [-0.3, -0.25) is 14.9 Å². The zero-order chi connectivity index (χ0) is 21.7. The van der Waals surface area contributed by atoms with Gasteiger partial charge in [-0.1, -0.05) is 0 Å². The molecule has 152 valence electrons. The van der Waals surface area contributed by atoms with Crippen LogP contribution in [0.1, 0.15) is 26.3 Å². The summed E-state index contributed by atoms with van der Waals surface area (Å²) in [7, 11) is 1.31. The Hall–Kier alpha value is -4.20. The van der Waals surface area contributed by atoms with Crippen molar-refractivity contribution in [2.24, 2.45) is 0 Å². The van der Waals surface area contributed by atoms with Crippen molar-refractivity contribution in [1.29, 1.82) is 0 Å². The van der Waals surface area contributed by atoms with Crippen molar-refractivity contribution < 1.29 is 24.0 Å². The maximum absolute atomic E-state index is 12.5. The molecule has 0 spiro atoms. The lowest BCUT2D eigenvalue weighted by Crippen LogP contribution is -2.13. The average Bonchev–Trinajstić information content (AvgIpc) is 2.75. The minimum absolute atomic E-state index is 0.0238. The molecule has 0 aliphatic rings. The third-order valence-electron chi connectivity index (χ3n) is 4.30. The summed E-state index contributed by atoms with van der Waals surface area (Å²) < 4.78 is 10.3. The number of nitro benzene ring substituents is 1. The van der Waals surface area contributed by atoms with E-state index in [0.29, 0.717) is 28.3 Å². The van der Waals surface area contributed by atoms with Gasteiger partial charge in [0.25, 0.3) is 11.6 Å². The van der Waals surface area contributed by atoms with Crippen molar-refractivity contribution in [1.82, 2.24) is 0 Å². The average molecular weight is 406 g/mol. The van der Waals surface area contributed by atoms with Crippen LogP contribution in [0.4, 0.5) is 11.4 Å². The highest BCUT2D eigenvalue weighted by molar-refractivity contribution is 6.05. The van der Waals surface area contributed by atoms with Gasteiger partial charge >= 0.3 is 5.97 Å². The molecule has 0 unspecified atom stereocenters. The van der Waals surface area contributed by atoms with Crippen molar-refractivity contribution in [3.63, 3.8) is 0 Å². The largest absolute Gasteiger partial charge is 0.465 e. The molecule has 8 heteroatoms. The van der Waals surface area contributed by atoms with Crippen LogP contribution in [0.25, 0.3) is 0 Å². The van der Waals surface area contributed by atoms with Gasteiger partial charge in [-0.15, -0.1) is 0 Å². The second-order valence-electron chi connectivity index (χ2n) is 6.35. The summed E-state index contributed by atoms with van der Waals surface area (Å²) in [5, 5.41) is 13.5. The van der Waals surface area contributed by atoms with Crippen LogP contribution in [0, 0.1) is 17.0 Å². The highest BCUT2D eigenvalue weighted by Gasteiger charge is 2.11. The van der Waals surface area contributed by atoms with Crippen LogP contribution < -0.4 is 10.1 Å². The predicted octanol–water partition coefficient (Wildman–Crippen LogP) is 4.73. The Morgan fingerprint density at radius 2 is 1.47 bits per heavy atom. The van der Waals surface area contributed by atoms with E-state index in [0.717, 1.165) is 5.56 Å². The Labute approximate surface area is 172 Å². The van der Waals surface area contributed by atoms with Crippen LogP contribution >= 0.6 is 0 Å². The fraction of sp³-hybridized carbons (Fsp3) is 0.0909. The van der Waals surface area contributed by atoms with E-state index in [1.54, 1.807) is 49.4 Å². The van der Waals surface area contributed by atoms with E-state index in [1.807, 2.05) is 0 Å². The molecule has 30 heavy (non-hydrogen) atoms. The van der Waals surface area contributed by atoms with Crippen LogP contribution in [0.3, 0.4) is 0 Å². The molecule has 0 saturated carbocycles. The Morgan fingerprint density at radius 1 is 0.900 bits per heavy atom. The van der Waals surface area contributed by atoms with Gasteiger partial charge in [0.1, 0.15) is 11.5 Å². The molecule has 0 heterocycles. The Bertz CT molecular complexity index is 1090.